The molecule has 1 aromatic heterocycles. The van der Waals surface area contributed by atoms with Gasteiger partial charge in [0.25, 0.3) is 0 Å². The topological polar surface area (TPSA) is 12.9 Å². The highest BCUT2D eigenvalue weighted by atomic mass is 14.6. The second-order valence-corrected chi connectivity index (χ2v) is 6.83. The highest BCUT2D eigenvalue weighted by Crippen LogP contribution is 2.42. The zero-order valence-electron chi connectivity index (χ0n) is 14.1. The molecular formula is C25H15N. The smallest absolute Gasteiger partial charge is 0.0273 e. The summed E-state index contributed by atoms with van der Waals surface area (Å²) in [7, 11) is 0. The molecule has 0 bridgehead atoms. The molecule has 0 saturated heterocycles. The van der Waals surface area contributed by atoms with Crippen molar-refractivity contribution in [2.75, 3.05) is 0 Å². The predicted octanol–water partition coefficient (Wildman–Crippen LogP) is 6.80. The molecule has 0 aliphatic rings. The third kappa shape index (κ3) is 1.72. The van der Waals surface area contributed by atoms with E-state index in [1.807, 2.05) is 12.4 Å². The lowest BCUT2D eigenvalue weighted by atomic mass is 9.87. The van der Waals surface area contributed by atoms with Crippen LogP contribution in [0, 0.1) is 0 Å². The quantitative estimate of drug-likeness (QED) is 0.239. The summed E-state index contributed by atoms with van der Waals surface area (Å²) in [6.45, 7) is 0. The van der Waals surface area contributed by atoms with Gasteiger partial charge in [0.15, 0.2) is 0 Å². The van der Waals surface area contributed by atoms with Crippen molar-refractivity contribution in [1.82, 2.24) is 4.98 Å². The second-order valence-electron chi connectivity index (χ2n) is 6.83. The summed E-state index contributed by atoms with van der Waals surface area (Å²) < 4.78 is 0. The van der Waals surface area contributed by atoms with Gasteiger partial charge >= 0.3 is 0 Å². The Hall–Kier alpha value is -3.45. The molecule has 6 rings (SSSR count). The van der Waals surface area contributed by atoms with E-state index in [0.29, 0.717) is 0 Å². The highest BCUT2D eigenvalue weighted by Gasteiger charge is 2.14. The second kappa shape index (κ2) is 5.03. The average Bonchev–Trinajstić information content (AvgIpc) is 2.72. The number of hydrogen-bond donors (Lipinski definition) is 0. The number of rotatable bonds is 1. The molecule has 0 atom stereocenters. The van der Waals surface area contributed by atoms with Gasteiger partial charge in [-0.25, -0.2) is 0 Å². The molecule has 0 spiro atoms. The van der Waals surface area contributed by atoms with E-state index < -0.39 is 0 Å². The van der Waals surface area contributed by atoms with Crippen molar-refractivity contribution in [3.8, 4) is 11.1 Å². The van der Waals surface area contributed by atoms with E-state index in [1.54, 1.807) is 0 Å². The van der Waals surface area contributed by atoms with Gasteiger partial charge in [-0.15, -0.1) is 0 Å². The molecular weight excluding hydrogens is 314 g/mol. The largest absolute Gasteiger partial charge is 0.265 e. The van der Waals surface area contributed by atoms with E-state index in [0.717, 1.165) is 0 Å². The lowest BCUT2D eigenvalue weighted by Gasteiger charge is -2.16. The summed E-state index contributed by atoms with van der Waals surface area (Å²) in [6.07, 6.45) is 3.72. The van der Waals surface area contributed by atoms with Gasteiger partial charge in [0.2, 0.25) is 0 Å². The first-order chi connectivity index (χ1) is 12.9. The van der Waals surface area contributed by atoms with Crippen molar-refractivity contribution < 1.29 is 0 Å². The molecule has 6 aromatic rings. The molecule has 0 aliphatic heterocycles. The van der Waals surface area contributed by atoms with E-state index in [-0.39, 0.29) is 0 Å². The SMILES string of the molecule is c1cc2cccc3c4ccc(-c5ccncc5)c5cccc(c(c1)c23)c54. The predicted molar refractivity (Wildman–Crippen MR) is 111 cm³/mol. The van der Waals surface area contributed by atoms with E-state index in [2.05, 4.69) is 83.8 Å². The molecule has 5 aromatic carbocycles. The lowest BCUT2D eigenvalue weighted by molar-refractivity contribution is 1.33. The van der Waals surface area contributed by atoms with Crippen molar-refractivity contribution >= 4 is 43.1 Å². The minimum Gasteiger partial charge on any atom is -0.265 e. The Balaban J connectivity index is 1.91. The third-order valence-electron chi connectivity index (χ3n) is 5.52. The van der Waals surface area contributed by atoms with Gasteiger partial charge < -0.3 is 0 Å². The molecule has 0 fully saturated rings. The van der Waals surface area contributed by atoms with Gasteiger partial charge in [-0.05, 0) is 66.3 Å². The van der Waals surface area contributed by atoms with Crippen molar-refractivity contribution in [2.45, 2.75) is 0 Å². The highest BCUT2D eigenvalue weighted by molar-refractivity contribution is 6.34. The molecule has 0 radical (unpaired) electrons. The van der Waals surface area contributed by atoms with Gasteiger partial charge in [-0.1, -0.05) is 66.7 Å². The fraction of sp³-hybridized carbons (Fsp3) is 0. The van der Waals surface area contributed by atoms with Crippen LogP contribution in [0.5, 0.6) is 0 Å². The Kier molecular flexibility index (Phi) is 2.67. The van der Waals surface area contributed by atoms with Gasteiger partial charge in [0, 0.05) is 12.4 Å². The Morgan fingerprint density at radius 3 is 1.77 bits per heavy atom. The molecule has 120 valence electrons. The summed E-state index contributed by atoms with van der Waals surface area (Å²) in [6, 6.07) is 28.6. The summed E-state index contributed by atoms with van der Waals surface area (Å²) in [5.74, 6) is 0. The molecule has 1 heterocycles. The maximum Gasteiger partial charge on any atom is 0.0273 e. The molecule has 1 heteroatoms. The zero-order chi connectivity index (χ0) is 17.1. The molecule has 1 nitrogen and oxygen atoms in total. The summed E-state index contributed by atoms with van der Waals surface area (Å²) >= 11 is 0. The molecule has 0 amide bonds. The molecule has 0 aliphatic carbocycles. The summed E-state index contributed by atoms with van der Waals surface area (Å²) in [5, 5.41) is 10.7. The monoisotopic (exact) mass is 329 g/mol. The Morgan fingerprint density at radius 2 is 1.04 bits per heavy atom. The van der Waals surface area contributed by atoms with E-state index in [4.69, 9.17) is 0 Å². The van der Waals surface area contributed by atoms with Crippen molar-refractivity contribution in [3.05, 3.63) is 91.3 Å². The maximum atomic E-state index is 4.17. The maximum absolute atomic E-state index is 4.17. The number of hydrogen-bond acceptors (Lipinski definition) is 1. The first-order valence-electron chi connectivity index (χ1n) is 8.90. The van der Waals surface area contributed by atoms with Crippen LogP contribution in [-0.2, 0) is 0 Å². The average molecular weight is 329 g/mol. The zero-order valence-corrected chi connectivity index (χ0v) is 14.1. The number of benzene rings is 5. The third-order valence-corrected chi connectivity index (χ3v) is 5.52. The van der Waals surface area contributed by atoms with Gasteiger partial charge in [0.05, 0.1) is 0 Å². The molecule has 26 heavy (non-hydrogen) atoms. The van der Waals surface area contributed by atoms with Crippen LogP contribution in [0.3, 0.4) is 0 Å². The van der Waals surface area contributed by atoms with E-state index in [1.165, 1.54) is 54.2 Å². The molecule has 0 N–H and O–H groups in total. The number of aromatic nitrogens is 1. The fourth-order valence-corrected chi connectivity index (χ4v) is 4.43. The summed E-state index contributed by atoms with van der Waals surface area (Å²) in [4.78, 5) is 4.17. The van der Waals surface area contributed by atoms with Crippen LogP contribution < -0.4 is 0 Å². The Morgan fingerprint density at radius 1 is 0.462 bits per heavy atom. The van der Waals surface area contributed by atoms with Crippen LogP contribution >= 0.6 is 0 Å². The van der Waals surface area contributed by atoms with Crippen LogP contribution in [0.1, 0.15) is 0 Å². The van der Waals surface area contributed by atoms with Crippen LogP contribution in [-0.4, -0.2) is 4.98 Å². The Labute approximate surface area is 150 Å². The van der Waals surface area contributed by atoms with Crippen molar-refractivity contribution in [1.29, 1.82) is 0 Å². The van der Waals surface area contributed by atoms with Crippen molar-refractivity contribution in [2.24, 2.45) is 0 Å². The number of fused-ring (bicyclic) bond motifs is 2. The van der Waals surface area contributed by atoms with Crippen LogP contribution in [0.25, 0.3) is 54.2 Å². The first kappa shape index (κ1) is 13.8. The number of pyridine rings is 1. The minimum absolute atomic E-state index is 1.21. The lowest BCUT2D eigenvalue weighted by Crippen LogP contribution is -1.89. The molecule has 0 unspecified atom stereocenters. The minimum atomic E-state index is 1.21. The first-order valence-corrected chi connectivity index (χ1v) is 8.90. The van der Waals surface area contributed by atoms with E-state index >= 15 is 0 Å². The van der Waals surface area contributed by atoms with Crippen LogP contribution in [0.2, 0.25) is 0 Å². The van der Waals surface area contributed by atoms with Gasteiger partial charge in [0.1, 0.15) is 0 Å². The standard InChI is InChI=1S/C25H15N/c1-4-17-5-2-7-21-23-11-10-18(16-12-14-26-15-13-16)19-8-3-9-22(25(19)23)20(6-1)24(17)21/h1-15H. The van der Waals surface area contributed by atoms with E-state index in [9.17, 15) is 0 Å². The van der Waals surface area contributed by atoms with Crippen LogP contribution in [0.15, 0.2) is 91.3 Å². The van der Waals surface area contributed by atoms with Crippen LogP contribution in [0.4, 0.5) is 0 Å². The fourth-order valence-electron chi connectivity index (χ4n) is 4.43. The summed E-state index contributed by atoms with van der Waals surface area (Å²) in [5.41, 5.74) is 2.47. The van der Waals surface area contributed by atoms with Crippen molar-refractivity contribution in [3.63, 3.8) is 0 Å². The van der Waals surface area contributed by atoms with Gasteiger partial charge in [-0.3, -0.25) is 4.98 Å². The van der Waals surface area contributed by atoms with Gasteiger partial charge in [-0.2, -0.15) is 0 Å². The Bertz CT molecular complexity index is 1360. The molecule has 0 saturated carbocycles. The number of nitrogens with zero attached hydrogens (tertiary/aromatic N) is 1. The normalized spacial score (nSPS) is 11.8.